The van der Waals surface area contributed by atoms with Crippen molar-refractivity contribution < 1.29 is 24.2 Å². The van der Waals surface area contributed by atoms with E-state index < -0.39 is 5.97 Å². The van der Waals surface area contributed by atoms with Gasteiger partial charge in [-0.05, 0) is 18.9 Å². The Labute approximate surface area is 146 Å². The summed E-state index contributed by atoms with van der Waals surface area (Å²) in [5.74, 6) is -0.788. The van der Waals surface area contributed by atoms with E-state index in [0.717, 1.165) is 11.1 Å². The van der Waals surface area contributed by atoms with Crippen molar-refractivity contribution in [2.45, 2.75) is 19.8 Å². The summed E-state index contributed by atoms with van der Waals surface area (Å²) in [5.41, 5.74) is 2.33. The normalized spacial score (nSPS) is 10.2. The second-order valence-corrected chi connectivity index (χ2v) is 5.59. The molecule has 0 spiro atoms. The molecule has 0 radical (unpaired) electrons. The zero-order chi connectivity index (χ0) is 18.4. The van der Waals surface area contributed by atoms with Gasteiger partial charge in [0, 0.05) is 18.6 Å². The number of aromatic carboxylic acids is 1. The average molecular weight is 343 g/mol. The first-order valence-electron chi connectivity index (χ1n) is 7.79. The van der Waals surface area contributed by atoms with Crippen molar-refractivity contribution in [3.05, 3.63) is 53.1 Å². The molecule has 2 aromatic carbocycles. The molecular formula is C19H21NO5. The fourth-order valence-electron chi connectivity index (χ4n) is 2.38. The van der Waals surface area contributed by atoms with Gasteiger partial charge in [-0.3, -0.25) is 4.79 Å². The molecule has 132 valence electrons. The van der Waals surface area contributed by atoms with Crippen molar-refractivity contribution in [3.63, 3.8) is 0 Å². The molecule has 0 aromatic heterocycles. The summed E-state index contributed by atoms with van der Waals surface area (Å²) in [6, 6.07) is 10.7. The lowest BCUT2D eigenvalue weighted by Gasteiger charge is -2.13. The first kappa shape index (κ1) is 18.3. The maximum atomic E-state index is 12.2. The van der Waals surface area contributed by atoms with Gasteiger partial charge in [-0.1, -0.05) is 29.8 Å². The topological polar surface area (TPSA) is 84.9 Å². The summed E-state index contributed by atoms with van der Waals surface area (Å²) >= 11 is 0. The van der Waals surface area contributed by atoms with Crippen LogP contribution in [0.15, 0.2) is 36.4 Å². The van der Waals surface area contributed by atoms with Gasteiger partial charge in [0.15, 0.2) is 11.5 Å². The number of carboxylic acids is 1. The largest absolute Gasteiger partial charge is 0.493 e. The Bertz CT molecular complexity index is 768. The van der Waals surface area contributed by atoms with E-state index in [9.17, 15) is 14.7 Å². The predicted molar refractivity (Wildman–Crippen MR) is 94.6 cm³/mol. The summed E-state index contributed by atoms with van der Waals surface area (Å²) in [4.78, 5) is 23.6. The molecule has 0 saturated heterocycles. The number of aryl methyl sites for hydroxylation is 2. The number of ether oxygens (including phenoxy) is 2. The lowest BCUT2D eigenvalue weighted by atomic mass is 10.1. The van der Waals surface area contributed by atoms with Crippen LogP contribution < -0.4 is 14.8 Å². The molecule has 0 heterocycles. The van der Waals surface area contributed by atoms with E-state index in [1.165, 1.54) is 26.4 Å². The molecule has 0 aliphatic rings. The number of amides is 1. The summed E-state index contributed by atoms with van der Waals surface area (Å²) in [7, 11) is 2.87. The molecule has 0 unspecified atom stereocenters. The Hall–Kier alpha value is -3.02. The molecule has 0 saturated carbocycles. The first-order valence-corrected chi connectivity index (χ1v) is 7.79. The monoisotopic (exact) mass is 343 g/mol. The summed E-state index contributed by atoms with van der Waals surface area (Å²) in [6.07, 6.45) is 0.818. The maximum Gasteiger partial charge on any atom is 0.337 e. The Morgan fingerprint density at radius 3 is 2.20 bits per heavy atom. The summed E-state index contributed by atoms with van der Waals surface area (Å²) in [5, 5.41) is 12.0. The Kier molecular flexibility index (Phi) is 6.00. The number of hydrogen-bond acceptors (Lipinski definition) is 4. The lowest BCUT2D eigenvalue weighted by molar-refractivity contribution is -0.116. The van der Waals surface area contributed by atoms with E-state index in [2.05, 4.69) is 5.32 Å². The smallest absolute Gasteiger partial charge is 0.337 e. The minimum absolute atomic E-state index is 0.0543. The first-order chi connectivity index (χ1) is 11.9. The standard InChI is InChI=1S/C19H21NO5/c1-12-4-6-13(7-5-12)8-9-18(21)20-15-11-17(25-3)16(24-2)10-14(15)19(22)23/h4-7,10-11H,8-9H2,1-3H3,(H,20,21)(H,22,23). The van der Waals surface area contributed by atoms with Crippen molar-refractivity contribution in [3.8, 4) is 11.5 Å². The summed E-state index contributed by atoms with van der Waals surface area (Å²) in [6.45, 7) is 2.00. The number of nitrogens with one attached hydrogen (secondary N) is 1. The molecular weight excluding hydrogens is 322 g/mol. The average Bonchev–Trinajstić information content (AvgIpc) is 2.60. The molecule has 0 fully saturated rings. The maximum absolute atomic E-state index is 12.2. The van der Waals surface area contributed by atoms with E-state index in [0.29, 0.717) is 12.2 Å². The van der Waals surface area contributed by atoms with Gasteiger partial charge in [-0.25, -0.2) is 4.79 Å². The highest BCUT2D eigenvalue weighted by Gasteiger charge is 2.17. The number of carboxylic acid groups (broad SMARTS) is 1. The van der Waals surface area contributed by atoms with Gasteiger partial charge in [0.1, 0.15) is 0 Å². The summed E-state index contributed by atoms with van der Waals surface area (Å²) < 4.78 is 10.3. The Balaban J connectivity index is 2.13. The molecule has 25 heavy (non-hydrogen) atoms. The quantitative estimate of drug-likeness (QED) is 0.806. The van der Waals surface area contributed by atoms with E-state index >= 15 is 0 Å². The van der Waals surface area contributed by atoms with Crippen molar-refractivity contribution in [1.82, 2.24) is 0 Å². The highest BCUT2D eigenvalue weighted by atomic mass is 16.5. The molecule has 2 rings (SSSR count). The predicted octanol–water partition coefficient (Wildman–Crippen LogP) is 3.28. The van der Waals surface area contributed by atoms with Crippen LogP contribution in [0.25, 0.3) is 0 Å². The molecule has 6 nitrogen and oxygen atoms in total. The van der Waals surface area contributed by atoms with Gasteiger partial charge < -0.3 is 19.9 Å². The van der Waals surface area contributed by atoms with Gasteiger partial charge in [0.2, 0.25) is 5.91 Å². The van der Waals surface area contributed by atoms with Crippen LogP contribution in [0, 0.1) is 6.92 Å². The SMILES string of the molecule is COc1cc(NC(=O)CCc2ccc(C)cc2)c(C(=O)O)cc1OC. The molecule has 0 atom stereocenters. The second kappa shape index (κ2) is 8.19. The van der Waals surface area contributed by atoms with Gasteiger partial charge >= 0.3 is 5.97 Å². The fraction of sp³-hybridized carbons (Fsp3) is 0.263. The lowest BCUT2D eigenvalue weighted by Crippen LogP contribution is -2.15. The van der Waals surface area contributed by atoms with E-state index in [4.69, 9.17) is 9.47 Å². The molecule has 0 aliphatic heterocycles. The highest BCUT2D eigenvalue weighted by molar-refractivity contribution is 6.01. The van der Waals surface area contributed by atoms with E-state index in [1.54, 1.807) is 0 Å². The molecule has 6 heteroatoms. The molecule has 1 amide bonds. The van der Waals surface area contributed by atoms with Crippen LogP contribution in [0.4, 0.5) is 5.69 Å². The second-order valence-electron chi connectivity index (χ2n) is 5.59. The van der Waals surface area contributed by atoms with Crippen LogP contribution in [0.1, 0.15) is 27.9 Å². The zero-order valence-corrected chi connectivity index (χ0v) is 14.5. The molecule has 0 aliphatic carbocycles. The minimum Gasteiger partial charge on any atom is -0.493 e. The van der Waals surface area contributed by atoms with Crippen molar-refractivity contribution >= 4 is 17.6 Å². The fourth-order valence-corrected chi connectivity index (χ4v) is 2.38. The van der Waals surface area contributed by atoms with Gasteiger partial charge in [0.25, 0.3) is 0 Å². The Morgan fingerprint density at radius 1 is 1.04 bits per heavy atom. The zero-order valence-electron chi connectivity index (χ0n) is 14.5. The van der Waals surface area contributed by atoms with Gasteiger partial charge in [-0.2, -0.15) is 0 Å². The van der Waals surface area contributed by atoms with Crippen LogP contribution in [0.5, 0.6) is 11.5 Å². The van der Waals surface area contributed by atoms with Crippen molar-refractivity contribution in [1.29, 1.82) is 0 Å². The van der Waals surface area contributed by atoms with Crippen molar-refractivity contribution in [2.24, 2.45) is 0 Å². The van der Waals surface area contributed by atoms with Crippen LogP contribution in [0.3, 0.4) is 0 Å². The van der Waals surface area contributed by atoms with E-state index in [1.807, 2.05) is 31.2 Å². The molecule has 2 aromatic rings. The number of benzene rings is 2. The van der Waals surface area contributed by atoms with Crippen LogP contribution in [0.2, 0.25) is 0 Å². The number of rotatable bonds is 7. The number of anilines is 1. The van der Waals surface area contributed by atoms with Gasteiger partial charge in [-0.15, -0.1) is 0 Å². The van der Waals surface area contributed by atoms with Crippen LogP contribution in [-0.2, 0) is 11.2 Å². The van der Waals surface area contributed by atoms with E-state index in [-0.39, 0.29) is 29.3 Å². The third-order valence-corrected chi connectivity index (χ3v) is 3.79. The Morgan fingerprint density at radius 2 is 1.64 bits per heavy atom. The van der Waals surface area contributed by atoms with Crippen LogP contribution in [-0.4, -0.2) is 31.2 Å². The minimum atomic E-state index is -1.16. The molecule has 2 N–H and O–H groups in total. The highest BCUT2D eigenvalue weighted by Crippen LogP contribution is 2.33. The van der Waals surface area contributed by atoms with Crippen LogP contribution >= 0.6 is 0 Å². The third kappa shape index (κ3) is 4.73. The third-order valence-electron chi connectivity index (χ3n) is 3.79. The number of carbonyl (C=O) groups excluding carboxylic acids is 1. The number of hydrogen-bond donors (Lipinski definition) is 2. The molecule has 0 bridgehead atoms. The number of carbonyl (C=O) groups is 2. The number of methoxy groups -OCH3 is 2. The van der Waals surface area contributed by atoms with Gasteiger partial charge in [0.05, 0.1) is 25.5 Å². The van der Waals surface area contributed by atoms with Crippen molar-refractivity contribution in [2.75, 3.05) is 19.5 Å².